The summed E-state index contributed by atoms with van der Waals surface area (Å²) in [6.07, 6.45) is 2.39. The number of rotatable bonds is 5. The van der Waals surface area contributed by atoms with Crippen LogP contribution >= 0.6 is 0 Å². The van der Waals surface area contributed by atoms with Crippen LogP contribution in [0.25, 0.3) is 0 Å². The fourth-order valence-corrected chi connectivity index (χ4v) is 3.49. The first-order chi connectivity index (χ1) is 10.1. The lowest BCUT2D eigenvalue weighted by molar-refractivity contribution is 0.233. The highest BCUT2D eigenvalue weighted by molar-refractivity contribution is 7.92. The molecule has 1 heterocycles. The first kappa shape index (κ1) is 17.3. The van der Waals surface area contributed by atoms with Crippen molar-refractivity contribution in [3.8, 4) is 5.75 Å². The summed E-state index contributed by atoms with van der Waals surface area (Å²) in [7, 11) is -1.42. The molecule has 5 heteroatoms. The summed E-state index contributed by atoms with van der Waals surface area (Å²) in [5.74, 6) is 1.42. The average Bonchev–Trinajstić information content (AvgIpc) is 2.77. The largest absolute Gasteiger partial charge is 0.497 e. The topological polar surface area (TPSA) is 46.6 Å². The number of sulfone groups is 1. The molecule has 1 saturated heterocycles. The van der Waals surface area contributed by atoms with E-state index in [2.05, 4.69) is 24.0 Å². The molecule has 1 aliphatic heterocycles. The highest BCUT2D eigenvalue weighted by Crippen LogP contribution is 2.37. The zero-order valence-corrected chi connectivity index (χ0v) is 15.0. The number of hydrogen-bond donors (Lipinski definition) is 0. The summed E-state index contributed by atoms with van der Waals surface area (Å²) < 4.78 is 28.5. The number of nitrogens with zero attached hydrogens (tertiary/aromatic N) is 1. The maximum atomic E-state index is 12.0. The molecule has 0 N–H and O–H groups in total. The van der Waals surface area contributed by atoms with E-state index in [1.807, 2.05) is 26.0 Å². The molecule has 0 amide bonds. The van der Waals surface area contributed by atoms with E-state index < -0.39 is 14.6 Å². The van der Waals surface area contributed by atoms with Gasteiger partial charge in [0, 0.05) is 25.4 Å². The maximum absolute atomic E-state index is 12.0. The number of likely N-dealkylation sites (tertiary alicyclic amines) is 1. The van der Waals surface area contributed by atoms with Crippen LogP contribution in [0.2, 0.25) is 0 Å². The van der Waals surface area contributed by atoms with Gasteiger partial charge in [-0.2, -0.15) is 0 Å². The molecule has 1 fully saturated rings. The van der Waals surface area contributed by atoms with Crippen LogP contribution in [0.5, 0.6) is 5.75 Å². The summed E-state index contributed by atoms with van der Waals surface area (Å²) >= 11 is 0. The van der Waals surface area contributed by atoms with Gasteiger partial charge in [0.05, 0.1) is 11.9 Å². The molecule has 2 atom stereocenters. The highest BCUT2D eigenvalue weighted by Gasteiger charge is 2.38. The number of methoxy groups -OCH3 is 1. The molecule has 4 nitrogen and oxygen atoms in total. The second-order valence-electron chi connectivity index (χ2n) is 7.09. The Bertz CT molecular complexity index is 607. The first-order valence-corrected chi connectivity index (χ1v) is 9.61. The van der Waals surface area contributed by atoms with E-state index in [-0.39, 0.29) is 6.04 Å². The molecule has 1 aromatic carbocycles. The molecular formula is C17H27NO3S. The third-order valence-electron chi connectivity index (χ3n) is 4.70. The molecule has 0 radical (unpaired) electrons. The van der Waals surface area contributed by atoms with E-state index in [0.29, 0.717) is 12.5 Å². The van der Waals surface area contributed by atoms with Crippen LogP contribution < -0.4 is 4.74 Å². The minimum absolute atomic E-state index is 0.280. The molecule has 22 heavy (non-hydrogen) atoms. The molecule has 0 aliphatic carbocycles. The van der Waals surface area contributed by atoms with Gasteiger partial charge in [-0.15, -0.1) is 0 Å². The third kappa shape index (κ3) is 3.63. The van der Waals surface area contributed by atoms with Crippen LogP contribution in [0.15, 0.2) is 24.3 Å². The van der Waals surface area contributed by atoms with Crippen molar-refractivity contribution in [3.05, 3.63) is 29.8 Å². The lowest BCUT2D eigenvalue weighted by atomic mass is 10.0. The van der Waals surface area contributed by atoms with Crippen LogP contribution in [0.4, 0.5) is 0 Å². The molecule has 1 aromatic rings. The van der Waals surface area contributed by atoms with Gasteiger partial charge in [0.1, 0.15) is 5.75 Å². The van der Waals surface area contributed by atoms with Crippen molar-refractivity contribution >= 4 is 9.84 Å². The molecular weight excluding hydrogens is 298 g/mol. The van der Waals surface area contributed by atoms with Gasteiger partial charge in [-0.1, -0.05) is 19.1 Å². The van der Waals surface area contributed by atoms with Gasteiger partial charge in [-0.05, 0) is 43.9 Å². The summed E-state index contributed by atoms with van der Waals surface area (Å²) in [5, 5.41) is 0. The van der Waals surface area contributed by atoms with Crippen molar-refractivity contribution in [1.29, 1.82) is 0 Å². The standard InChI is InChI=1S/C17H27NO3S/c1-13-10-16(14-6-8-15(21-4)9-7-14)18(11-13)12-17(2,3)22(5,19)20/h6-9,13,16H,10-12H2,1-5H3/t13-,16-/m0/s1. The Morgan fingerprint density at radius 3 is 2.36 bits per heavy atom. The minimum atomic E-state index is -3.09. The van der Waals surface area contributed by atoms with Crippen LogP contribution in [0.1, 0.15) is 38.8 Å². The smallest absolute Gasteiger partial charge is 0.153 e. The monoisotopic (exact) mass is 325 g/mol. The van der Waals surface area contributed by atoms with E-state index in [0.717, 1.165) is 18.7 Å². The SMILES string of the molecule is COc1ccc([C@@H]2C[C@H](C)CN2CC(C)(C)S(C)(=O)=O)cc1. The van der Waals surface area contributed by atoms with E-state index >= 15 is 0 Å². The van der Waals surface area contributed by atoms with Crippen LogP contribution in [0, 0.1) is 5.92 Å². The Morgan fingerprint density at radius 2 is 1.86 bits per heavy atom. The second kappa shape index (κ2) is 6.20. The zero-order chi connectivity index (χ0) is 16.5. The van der Waals surface area contributed by atoms with Gasteiger partial charge in [0.2, 0.25) is 0 Å². The third-order valence-corrected chi connectivity index (χ3v) is 6.84. The van der Waals surface area contributed by atoms with Gasteiger partial charge in [-0.3, -0.25) is 4.90 Å². The Balaban J connectivity index is 2.22. The molecule has 0 aromatic heterocycles. The molecule has 124 valence electrons. The molecule has 0 unspecified atom stereocenters. The van der Waals surface area contributed by atoms with E-state index in [1.54, 1.807) is 7.11 Å². The highest BCUT2D eigenvalue weighted by atomic mass is 32.2. The molecule has 0 saturated carbocycles. The van der Waals surface area contributed by atoms with Gasteiger partial charge in [-0.25, -0.2) is 8.42 Å². The Hall–Kier alpha value is -1.07. The summed E-state index contributed by atoms with van der Waals surface area (Å²) in [4.78, 5) is 2.31. The molecule has 0 spiro atoms. The zero-order valence-electron chi connectivity index (χ0n) is 14.2. The summed E-state index contributed by atoms with van der Waals surface area (Å²) in [6, 6.07) is 8.39. The quantitative estimate of drug-likeness (QED) is 0.835. The van der Waals surface area contributed by atoms with Gasteiger partial charge in [0.15, 0.2) is 9.84 Å². The number of ether oxygens (including phenoxy) is 1. The van der Waals surface area contributed by atoms with Gasteiger partial charge >= 0.3 is 0 Å². The van der Waals surface area contributed by atoms with Crippen molar-refractivity contribution in [1.82, 2.24) is 4.90 Å². The van der Waals surface area contributed by atoms with E-state index in [1.165, 1.54) is 11.8 Å². The van der Waals surface area contributed by atoms with Gasteiger partial charge in [0.25, 0.3) is 0 Å². The van der Waals surface area contributed by atoms with E-state index in [9.17, 15) is 8.42 Å². The van der Waals surface area contributed by atoms with Crippen LogP contribution in [-0.4, -0.2) is 44.5 Å². The van der Waals surface area contributed by atoms with Crippen molar-refractivity contribution in [3.63, 3.8) is 0 Å². The predicted molar refractivity (Wildman–Crippen MR) is 90.0 cm³/mol. The van der Waals surface area contributed by atoms with Gasteiger partial charge < -0.3 is 4.74 Å². The fraction of sp³-hybridized carbons (Fsp3) is 0.647. The van der Waals surface area contributed by atoms with Crippen molar-refractivity contribution in [2.45, 2.75) is 38.0 Å². The summed E-state index contributed by atoms with van der Waals surface area (Å²) in [5.41, 5.74) is 1.23. The Labute approximate surface area is 134 Å². The summed E-state index contributed by atoms with van der Waals surface area (Å²) in [6.45, 7) is 7.36. The lowest BCUT2D eigenvalue weighted by Crippen LogP contribution is -2.43. The minimum Gasteiger partial charge on any atom is -0.497 e. The molecule has 0 bridgehead atoms. The normalized spacial score (nSPS) is 23.7. The van der Waals surface area contributed by atoms with Crippen molar-refractivity contribution in [2.75, 3.05) is 26.5 Å². The van der Waals surface area contributed by atoms with E-state index in [4.69, 9.17) is 4.74 Å². The Kier molecular flexibility index (Phi) is 4.87. The maximum Gasteiger partial charge on any atom is 0.153 e. The van der Waals surface area contributed by atoms with Crippen molar-refractivity contribution < 1.29 is 13.2 Å². The predicted octanol–water partition coefficient (Wildman–Crippen LogP) is 2.90. The van der Waals surface area contributed by atoms with Crippen molar-refractivity contribution in [2.24, 2.45) is 5.92 Å². The van der Waals surface area contributed by atoms with Crippen LogP contribution in [-0.2, 0) is 9.84 Å². The first-order valence-electron chi connectivity index (χ1n) is 7.71. The molecule has 1 aliphatic rings. The molecule has 2 rings (SSSR count). The number of hydrogen-bond acceptors (Lipinski definition) is 4. The Morgan fingerprint density at radius 1 is 1.27 bits per heavy atom. The number of benzene rings is 1. The average molecular weight is 325 g/mol. The second-order valence-corrected chi connectivity index (χ2v) is 9.74. The van der Waals surface area contributed by atoms with Crippen LogP contribution in [0.3, 0.4) is 0 Å². The fourth-order valence-electron chi connectivity index (χ4n) is 3.09. The lowest BCUT2D eigenvalue weighted by Gasteiger charge is -2.32.